The molecule has 1 aliphatic rings. The molecule has 21 heavy (non-hydrogen) atoms. The van der Waals surface area contributed by atoms with Crippen LogP contribution in [0, 0.1) is 0 Å². The summed E-state index contributed by atoms with van der Waals surface area (Å²) in [5.74, 6) is -1.55. The molecule has 7 nitrogen and oxygen atoms in total. The van der Waals surface area contributed by atoms with E-state index in [1.54, 1.807) is 0 Å². The fraction of sp³-hybridized carbons (Fsp3) is 0.500. The van der Waals surface area contributed by atoms with Crippen LogP contribution in [-0.4, -0.2) is 46.0 Å². The van der Waals surface area contributed by atoms with Crippen molar-refractivity contribution in [2.45, 2.75) is 31.8 Å². The van der Waals surface area contributed by atoms with Crippen molar-refractivity contribution < 1.29 is 19.4 Å². The number of fused-ring (bicyclic) bond motifs is 1. The molecule has 1 amide bonds. The van der Waals surface area contributed by atoms with Crippen molar-refractivity contribution in [3.05, 3.63) is 30.1 Å². The van der Waals surface area contributed by atoms with E-state index in [4.69, 9.17) is 9.84 Å². The third-order valence-electron chi connectivity index (χ3n) is 3.35. The lowest BCUT2D eigenvalue weighted by atomic mass is 10.1. The van der Waals surface area contributed by atoms with Gasteiger partial charge >= 0.3 is 5.97 Å². The number of nitrogens with zero attached hydrogens (tertiary/aromatic N) is 2. The normalized spacial score (nSPS) is 15.0. The number of aryl methyl sites for hydroxylation is 1. The van der Waals surface area contributed by atoms with Crippen LogP contribution in [0.3, 0.4) is 0 Å². The van der Waals surface area contributed by atoms with Gasteiger partial charge in [0.2, 0.25) is 0 Å². The highest BCUT2D eigenvalue weighted by Gasteiger charge is 2.25. The van der Waals surface area contributed by atoms with E-state index in [9.17, 15) is 9.59 Å². The Hall–Kier alpha value is -2.15. The molecule has 0 fully saturated rings. The fourth-order valence-corrected chi connectivity index (χ4v) is 2.29. The third-order valence-corrected chi connectivity index (χ3v) is 3.35. The minimum atomic E-state index is -1.13. The Morgan fingerprint density at radius 1 is 1.57 bits per heavy atom. The highest BCUT2D eigenvalue weighted by Crippen LogP contribution is 2.18. The molecule has 1 aromatic rings. The van der Waals surface area contributed by atoms with E-state index in [-0.39, 0.29) is 13.2 Å². The van der Waals surface area contributed by atoms with Gasteiger partial charge in [0.25, 0.3) is 5.91 Å². The molecule has 1 aromatic heterocycles. The Balaban J connectivity index is 2.03. The SMILES string of the molecule is C=CCOCC(NC(=O)c1cnn2c1CCCC2)C(=O)O. The van der Waals surface area contributed by atoms with Crippen molar-refractivity contribution in [2.75, 3.05) is 13.2 Å². The van der Waals surface area contributed by atoms with Crippen LogP contribution in [0.2, 0.25) is 0 Å². The number of ether oxygens (including phenoxy) is 1. The van der Waals surface area contributed by atoms with Crippen LogP contribution in [0.1, 0.15) is 28.9 Å². The zero-order valence-electron chi connectivity index (χ0n) is 11.7. The first-order valence-corrected chi connectivity index (χ1v) is 6.90. The van der Waals surface area contributed by atoms with E-state index in [2.05, 4.69) is 17.0 Å². The number of nitrogens with one attached hydrogen (secondary N) is 1. The average molecular weight is 293 g/mol. The number of carbonyl (C=O) groups is 2. The molecule has 0 aliphatic carbocycles. The second-order valence-corrected chi connectivity index (χ2v) is 4.88. The van der Waals surface area contributed by atoms with Gasteiger partial charge in [0, 0.05) is 6.54 Å². The average Bonchev–Trinajstić information content (AvgIpc) is 2.90. The first-order chi connectivity index (χ1) is 10.1. The standard InChI is InChI=1S/C14H19N3O4/c1-2-7-21-9-11(14(19)20)16-13(18)10-8-15-17-6-4-3-5-12(10)17/h2,8,11H,1,3-7,9H2,(H,16,18)(H,19,20). The number of carboxylic acid groups (broad SMARTS) is 1. The van der Waals surface area contributed by atoms with Gasteiger partial charge in [0.1, 0.15) is 0 Å². The van der Waals surface area contributed by atoms with E-state index in [1.807, 2.05) is 4.68 Å². The van der Waals surface area contributed by atoms with E-state index in [0.29, 0.717) is 5.56 Å². The van der Waals surface area contributed by atoms with Crippen LogP contribution >= 0.6 is 0 Å². The van der Waals surface area contributed by atoms with E-state index in [0.717, 1.165) is 31.5 Å². The van der Waals surface area contributed by atoms with Crippen molar-refractivity contribution in [1.82, 2.24) is 15.1 Å². The zero-order valence-corrected chi connectivity index (χ0v) is 11.7. The molecule has 2 rings (SSSR count). The lowest BCUT2D eigenvalue weighted by Crippen LogP contribution is -2.44. The van der Waals surface area contributed by atoms with Gasteiger partial charge < -0.3 is 15.2 Å². The predicted molar refractivity (Wildman–Crippen MR) is 75.1 cm³/mol. The lowest BCUT2D eigenvalue weighted by Gasteiger charge is -2.16. The van der Waals surface area contributed by atoms with E-state index in [1.165, 1.54) is 12.3 Å². The smallest absolute Gasteiger partial charge is 0.328 e. The monoisotopic (exact) mass is 293 g/mol. The largest absolute Gasteiger partial charge is 0.480 e. The number of rotatable bonds is 7. The van der Waals surface area contributed by atoms with Crippen molar-refractivity contribution in [1.29, 1.82) is 0 Å². The maximum atomic E-state index is 12.2. The summed E-state index contributed by atoms with van der Waals surface area (Å²) in [6.45, 7) is 4.42. The molecule has 0 saturated carbocycles. The maximum Gasteiger partial charge on any atom is 0.328 e. The van der Waals surface area contributed by atoms with Gasteiger partial charge in [0.15, 0.2) is 6.04 Å². The summed E-state index contributed by atoms with van der Waals surface area (Å²) in [7, 11) is 0. The molecular formula is C14H19N3O4. The quantitative estimate of drug-likeness (QED) is 0.567. The molecule has 0 bridgehead atoms. The highest BCUT2D eigenvalue weighted by molar-refractivity contribution is 5.97. The summed E-state index contributed by atoms with van der Waals surface area (Å²) in [6, 6.07) is -1.09. The Bertz CT molecular complexity index is 538. The molecule has 0 spiro atoms. The molecule has 0 saturated heterocycles. The van der Waals surface area contributed by atoms with E-state index < -0.39 is 17.9 Å². The molecule has 1 atom stereocenters. The first kappa shape index (κ1) is 15.2. The number of aromatic nitrogens is 2. The second-order valence-electron chi connectivity index (χ2n) is 4.88. The molecule has 0 radical (unpaired) electrons. The van der Waals surface area contributed by atoms with Crippen LogP contribution in [-0.2, 0) is 22.5 Å². The number of carbonyl (C=O) groups excluding carboxylic acids is 1. The summed E-state index contributed by atoms with van der Waals surface area (Å²) < 4.78 is 6.91. The predicted octanol–water partition coefficient (Wildman–Crippen LogP) is 0.605. The molecule has 2 heterocycles. The summed E-state index contributed by atoms with van der Waals surface area (Å²) >= 11 is 0. The number of amides is 1. The Labute approximate surface area is 122 Å². The van der Waals surface area contributed by atoms with Crippen LogP contribution in [0.25, 0.3) is 0 Å². The van der Waals surface area contributed by atoms with Gasteiger partial charge in [-0.05, 0) is 19.3 Å². The molecule has 1 unspecified atom stereocenters. The Morgan fingerprint density at radius 2 is 2.38 bits per heavy atom. The van der Waals surface area contributed by atoms with Gasteiger partial charge in [-0.15, -0.1) is 6.58 Å². The van der Waals surface area contributed by atoms with Crippen molar-refractivity contribution in [3.63, 3.8) is 0 Å². The van der Waals surface area contributed by atoms with Crippen LogP contribution < -0.4 is 5.32 Å². The van der Waals surface area contributed by atoms with Crippen molar-refractivity contribution >= 4 is 11.9 Å². The minimum absolute atomic E-state index is 0.101. The highest BCUT2D eigenvalue weighted by atomic mass is 16.5. The van der Waals surface area contributed by atoms with Crippen LogP contribution in [0.4, 0.5) is 0 Å². The maximum absolute atomic E-state index is 12.2. The minimum Gasteiger partial charge on any atom is -0.480 e. The third kappa shape index (κ3) is 3.69. The number of hydrogen-bond donors (Lipinski definition) is 2. The molecule has 1 aliphatic heterocycles. The number of aliphatic carboxylic acids is 1. The zero-order chi connectivity index (χ0) is 15.2. The van der Waals surface area contributed by atoms with Gasteiger partial charge in [-0.25, -0.2) is 4.79 Å². The summed E-state index contributed by atoms with van der Waals surface area (Å²) in [6.07, 6.45) is 5.86. The molecule has 0 aromatic carbocycles. The van der Waals surface area contributed by atoms with Crippen LogP contribution in [0.15, 0.2) is 18.9 Å². The Morgan fingerprint density at radius 3 is 3.10 bits per heavy atom. The fourth-order valence-electron chi connectivity index (χ4n) is 2.29. The molecule has 7 heteroatoms. The van der Waals surface area contributed by atoms with Crippen molar-refractivity contribution in [2.24, 2.45) is 0 Å². The van der Waals surface area contributed by atoms with Crippen molar-refractivity contribution in [3.8, 4) is 0 Å². The van der Waals surface area contributed by atoms with Gasteiger partial charge in [0.05, 0.1) is 30.7 Å². The van der Waals surface area contributed by atoms with Gasteiger partial charge in [-0.2, -0.15) is 5.10 Å². The lowest BCUT2D eigenvalue weighted by molar-refractivity contribution is -0.140. The van der Waals surface area contributed by atoms with E-state index >= 15 is 0 Å². The van der Waals surface area contributed by atoms with Crippen LogP contribution in [0.5, 0.6) is 0 Å². The number of carboxylic acids is 1. The first-order valence-electron chi connectivity index (χ1n) is 6.90. The summed E-state index contributed by atoms with van der Waals surface area (Å²) in [5, 5.41) is 15.8. The molecular weight excluding hydrogens is 274 g/mol. The number of hydrogen-bond acceptors (Lipinski definition) is 4. The van der Waals surface area contributed by atoms with Gasteiger partial charge in [-0.3, -0.25) is 9.48 Å². The summed E-state index contributed by atoms with van der Waals surface area (Å²) in [4.78, 5) is 23.4. The summed E-state index contributed by atoms with van der Waals surface area (Å²) in [5.41, 5.74) is 1.32. The Kier molecular flexibility index (Phi) is 5.10. The molecule has 114 valence electrons. The molecule has 2 N–H and O–H groups in total. The second kappa shape index (κ2) is 7.03. The topological polar surface area (TPSA) is 93.5 Å². The van der Waals surface area contributed by atoms with Gasteiger partial charge in [-0.1, -0.05) is 6.08 Å².